The molecule has 0 saturated carbocycles. The van der Waals surface area contributed by atoms with Gasteiger partial charge in [0.25, 0.3) is 0 Å². The molecule has 39 heavy (non-hydrogen) atoms. The summed E-state index contributed by atoms with van der Waals surface area (Å²) in [6, 6.07) is 20.9. The lowest BCUT2D eigenvalue weighted by atomic mass is 9.92. The number of para-hydroxylation sites is 1. The third-order valence-corrected chi connectivity index (χ3v) is 9.74. The summed E-state index contributed by atoms with van der Waals surface area (Å²) in [6.45, 7) is 3.56. The number of benzene rings is 2. The summed E-state index contributed by atoms with van der Waals surface area (Å²) in [5.41, 5.74) is 6.15. The van der Waals surface area contributed by atoms with Crippen molar-refractivity contribution in [2.75, 3.05) is 18.8 Å². The van der Waals surface area contributed by atoms with E-state index in [0.29, 0.717) is 31.0 Å². The molecule has 1 aliphatic heterocycles. The Labute approximate surface area is 228 Å². The van der Waals surface area contributed by atoms with Crippen molar-refractivity contribution >= 4 is 27.4 Å². The Hall–Kier alpha value is -3.54. The highest BCUT2D eigenvalue weighted by molar-refractivity contribution is 8.25. The molecule has 0 spiro atoms. The van der Waals surface area contributed by atoms with Crippen LogP contribution in [0.5, 0.6) is 5.75 Å². The molecule has 4 aromatic rings. The van der Waals surface area contributed by atoms with Crippen molar-refractivity contribution in [2.45, 2.75) is 31.2 Å². The molecule has 10 heteroatoms. The first-order valence-corrected chi connectivity index (χ1v) is 14.4. The zero-order chi connectivity index (χ0) is 27.5. The van der Waals surface area contributed by atoms with Gasteiger partial charge in [-0.15, -0.1) is 0 Å². The smallest absolute Gasteiger partial charge is 0.245 e. The van der Waals surface area contributed by atoms with Gasteiger partial charge in [-0.3, -0.25) is 34.0 Å². The minimum Gasteiger partial charge on any atom is -0.489 e. The van der Waals surface area contributed by atoms with Gasteiger partial charge in [-0.1, -0.05) is 30.3 Å². The minimum absolute atomic E-state index is 0.115. The monoisotopic (exact) mass is 548 g/mol. The van der Waals surface area contributed by atoms with Gasteiger partial charge in [0.2, 0.25) is 5.91 Å². The number of aryl methyl sites for hydroxylation is 1. The standard InChI is InChI=1S/C29H32N4O5S/c1-21-16-23(26-4-2-3-5-27(26)31-21)19-38-25-8-6-24(7-9-25)29(17-28(34)32-35)20-33(14-15-39(29,36)37)18-22-10-12-30-13-11-22/h2-13,16,35-37H,14-15,17-20H2,1H3,(H,32,34). The Morgan fingerprint density at radius 3 is 2.59 bits per heavy atom. The number of nitrogens with one attached hydrogen (secondary N) is 1. The number of fused-ring (bicyclic) bond motifs is 1. The highest BCUT2D eigenvalue weighted by Crippen LogP contribution is 2.62. The van der Waals surface area contributed by atoms with Crippen molar-refractivity contribution in [2.24, 2.45) is 0 Å². The van der Waals surface area contributed by atoms with Gasteiger partial charge >= 0.3 is 0 Å². The van der Waals surface area contributed by atoms with Gasteiger partial charge in [-0.25, -0.2) is 5.48 Å². The van der Waals surface area contributed by atoms with Crippen molar-refractivity contribution in [3.63, 3.8) is 0 Å². The van der Waals surface area contributed by atoms with Crippen LogP contribution < -0.4 is 10.2 Å². The molecule has 0 bridgehead atoms. The van der Waals surface area contributed by atoms with Crippen LogP contribution in [-0.4, -0.2) is 53.9 Å². The van der Waals surface area contributed by atoms with Gasteiger partial charge in [0.1, 0.15) is 17.1 Å². The highest BCUT2D eigenvalue weighted by Gasteiger charge is 2.50. The van der Waals surface area contributed by atoms with Crippen LogP contribution in [0.15, 0.2) is 79.1 Å². The molecule has 1 fully saturated rings. The average molecular weight is 549 g/mol. The average Bonchev–Trinajstić information content (AvgIpc) is 2.94. The van der Waals surface area contributed by atoms with Crippen LogP contribution in [0.3, 0.4) is 0 Å². The lowest BCUT2D eigenvalue weighted by Crippen LogP contribution is -2.53. The molecule has 1 aliphatic rings. The lowest BCUT2D eigenvalue weighted by Gasteiger charge is -2.56. The number of amides is 1. The normalized spacial score (nSPS) is 19.9. The molecule has 0 aliphatic carbocycles. The molecule has 4 N–H and O–H groups in total. The molecule has 1 unspecified atom stereocenters. The Balaban J connectivity index is 1.41. The fourth-order valence-corrected chi connectivity index (χ4v) is 7.43. The third kappa shape index (κ3) is 5.75. The van der Waals surface area contributed by atoms with Crippen LogP contribution in [0.1, 0.15) is 28.8 Å². The Morgan fingerprint density at radius 2 is 1.85 bits per heavy atom. The first-order chi connectivity index (χ1) is 18.8. The Bertz CT molecular complexity index is 1450. The van der Waals surface area contributed by atoms with Crippen LogP contribution in [0.2, 0.25) is 0 Å². The van der Waals surface area contributed by atoms with Crippen molar-refractivity contribution in [1.29, 1.82) is 0 Å². The Morgan fingerprint density at radius 1 is 1.10 bits per heavy atom. The number of carbonyl (C=O) groups excluding carboxylic acids is 1. The van der Waals surface area contributed by atoms with E-state index in [4.69, 9.17) is 4.74 Å². The van der Waals surface area contributed by atoms with Crippen LogP contribution in [0.4, 0.5) is 0 Å². The fraction of sp³-hybridized carbons (Fsp3) is 0.276. The SMILES string of the molecule is Cc1cc(COc2ccc(C3(CC(=O)NO)CN(Cc4ccncc4)CCS3(O)O)cc2)c2ccccc2n1. The molecule has 1 atom stereocenters. The summed E-state index contributed by atoms with van der Waals surface area (Å²) in [5.74, 6) is 0.0461. The summed E-state index contributed by atoms with van der Waals surface area (Å²) in [7, 11) is -3.24. The summed E-state index contributed by atoms with van der Waals surface area (Å²) in [6.07, 6.45) is 3.16. The van der Waals surface area contributed by atoms with E-state index in [-0.39, 0.29) is 18.7 Å². The van der Waals surface area contributed by atoms with E-state index >= 15 is 0 Å². The highest BCUT2D eigenvalue weighted by atomic mass is 32.3. The second-order valence-electron chi connectivity index (χ2n) is 9.90. The number of carbonyl (C=O) groups is 1. The number of hydrogen-bond acceptors (Lipinski definition) is 8. The molecule has 1 saturated heterocycles. The number of ether oxygens (including phenoxy) is 1. The van der Waals surface area contributed by atoms with E-state index in [2.05, 4.69) is 14.9 Å². The van der Waals surface area contributed by atoms with Crippen molar-refractivity contribution in [3.8, 4) is 5.75 Å². The van der Waals surface area contributed by atoms with Gasteiger partial charge in [-0.05, 0) is 54.4 Å². The quantitative estimate of drug-likeness (QED) is 0.181. The Kier molecular flexibility index (Phi) is 7.83. The van der Waals surface area contributed by atoms with E-state index in [1.54, 1.807) is 42.1 Å². The summed E-state index contributed by atoms with van der Waals surface area (Å²) < 4.78 is 27.4. The van der Waals surface area contributed by atoms with Crippen LogP contribution in [-0.2, 0) is 22.7 Å². The summed E-state index contributed by atoms with van der Waals surface area (Å²) in [5, 5.41) is 10.3. The fourth-order valence-electron chi connectivity index (χ4n) is 5.26. The number of hydrogen-bond donors (Lipinski definition) is 4. The van der Waals surface area contributed by atoms with Gasteiger partial charge < -0.3 is 4.74 Å². The summed E-state index contributed by atoms with van der Waals surface area (Å²) in [4.78, 5) is 23.2. The van der Waals surface area contributed by atoms with E-state index in [9.17, 15) is 19.1 Å². The van der Waals surface area contributed by atoms with E-state index in [1.165, 1.54) is 0 Å². The van der Waals surface area contributed by atoms with Gasteiger partial charge in [0.05, 0.1) is 17.7 Å². The van der Waals surface area contributed by atoms with Crippen LogP contribution in [0, 0.1) is 6.92 Å². The first kappa shape index (κ1) is 27.0. The molecule has 9 nitrogen and oxygen atoms in total. The topological polar surface area (TPSA) is 128 Å². The van der Waals surface area contributed by atoms with Crippen LogP contribution >= 0.6 is 10.6 Å². The number of nitrogens with zero attached hydrogens (tertiary/aromatic N) is 3. The van der Waals surface area contributed by atoms with E-state index in [0.717, 1.165) is 27.7 Å². The van der Waals surface area contributed by atoms with Gasteiger partial charge in [-0.2, -0.15) is 10.6 Å². The predicted octanol–water partition coefficient (Wildman–Crippen LogP) is 4.87. The minimum atomic E-state index is -3.24. The number of pyridine rings is 2. The number of hydroxylamine groups is 1. The second-order valence-corrected chi connectivity index (χ2v) is 12.4. The van der Waals surface area contributed by atoms with Crippen molar-refractivity contribution in [3.05, 3.63) is 102 Å². The zero-order valence-corrected chi connectivity index (χ0v) is 22.5. The van der Waals surface area contributed by atoms with Gasteiger partial charge in [0, 0.05) is 48.7 Å². The molecule has 2 aromatic carbocycles. The summed E-state index contributed by atoms with van der Waals surface area (Å²) >= 11 is 0. The zero-order valence-electron chi connectivity index (χ0n) is 21.7. The molecule has 0 radical (unpaired) electrons. The molecule has 2 aromatic heterocycles. The van der Waals surface area contributed by atoms with E-state index < -0.39 is 21.2 Å². The van der Waals surface area contributed by atoms with Crippen LogP contribution in [0.25, 0.3) is 10.9 Å². The third-order valence-electron chi connectivity index (χ3n) is 7.23. The molecule has 204 valence electrons. The number of aromatic nitrogens is 2. The van der Waals surface area contributed by atoms with Gasteiger partial charge in [0.15, 0.2) is 0 Å². The molecular weight excluding hydrogens is 516 g/mol. The molecule has 5 rings (SSSR count). The predicted molar refractivity (Wildman–Crippen MR) is 151 cm³/mol. The van der Waals surface area contributed by atoms with Crippen molar-refractivity contribution < 1.29 is 23.8 Å². The number of rotatable bonds is 8. The maximum absolute atomic E-state index is 12.4. The largest absolute Gasteiger partial charge is 0.489 e. The maximum atomic E-state index is 12.4. The van der Waals surface area contributed by atoms with E-state index in [1.807, 2.05) is 49.4 Å². The second kappa shape index (κ2) is 11.3. The molecule has 1 amide bonds. The lowest BCUT2D eigenvalue weighted by molar-refractivity contribution is -0.130. The molecule has 3 heterocycles. The molecular formula is C29H32N4O5S. The van der Waals surface area contributed by atoms with Crippen molar-refractivity contribution in [1.82, 2.24) is 20.3 Å². The maximum Gasteiger partial charge on any atom is 0.245 e. The first-order valence-electron chi connectivity index (χ1n) is 12.7.